The number of pyridine rings is 1. The van der Waals surface area contributed by atoms with Gasteiger partial charge in [-0.15, -0.1) is 0 Å². The Bertz CT molecular complexity index is 675. The summed E-state index contributed by atoms with van der Waals surface area (Å²) in [4.78, 5) is 3.98. The summed E-state index contributed by atoms with van der Waals surface area (Å²) in [6, 6.07) is 12.8. The van der Waals surface area contributed by atoms with E-state index in [1.165, 1.54) is 0 Å². The van der Waals surface area contributed by atoms with Crippen molar-refractivity contribution in [3.05, 3.63) is 59.4 Å². The molecule has 1 heterocycles. The second-order valence-electron chi connectivity index (χ2n) is 4.09. The van der Waals surface area contributed by atoms with Gasteiger partial charge in [-0.2, -0.15) is 5.26 Å². The Balaban J connectivity index is 2.22. The number of rotatable bonds is 4. The maximum absolute atomic E-state index is 8.98. The molecular formula is C15H13N3O2. The molecule has 0 aliphatic heterocycles. The summed E-state index contributed by atoms with van der Waals surface area (Å²) in [6.45, 7) is 1.92. The molecule has 5 heteroatoms. The van der Waals surface area contributed by atoms with E-state index in [1.807, 2.05) is 18.2 Å². The van der Waals surface area contributed by atoms with Crippen molar-refractivity contribution in [3.8, 4) is 11.8 Å². The molecule has 20 heavy (non-hydrogen) atoms. The SMILES string of the molecule is CC(=NO)c1ccccc1OCc1cccnc1C#N. The predicted octanol–water partition coefficient (Wildman–Crippen LogP) is 2.73. The fourth-order valence-corrected chi connectivity index (χ4v) is 1.76. The minimum absolute atomic E-state index is 0.229. The Labute approximate surface area is 116 Å². The van der Waals surface area contributed by atoms with Crippen LogP contribution < -0.4 is 4.74 Å². The molecule has 100 valence electrons. The summed E-state index contributed by atoms with van der Waals surface area (Å²) >= 11 is 0. The summed E-state index contributed by atoms with van der Waals surface area (Å²) in [5, 5.41) is 21.0. The average Bonchev–Trinajstić information content (AvgIpc) is 2.52. The van der Waals surface area contributed by atoms with Crippen molar-refractivity contribution in [3.63, 3.8) is 0 Å². The first-order valence-electron chi connectivity index (χ1n) is 6.01. The minimum Gasteiger partial charge on any atom is -0.488 e. The Kier molecular flexibility index (Phi) is 4.30. The van der Waals surface area contributed by atoms with Gasteiger partial charge in [0.15, 0.2) is 0 Å². The standard InChI is InChI=1S/C15H13N3O2/c1-11(18-19)13-6-2-3-7-15(13)20-10-12-5-4-8-17-14(12)9-16/h2-8,19H,10H2,1H3. The summed E-state index contributed by atoms with van der Waals surface area (Å²) < 4.78 is 5.71. The fourth-order valence-electron chi connectivity index (χ4n) is 1.76. The summed E-state index contributed by atoms with van der Waals surface area (Å²) in [5.74, 6) is 0.593. The minimum atomic E-state index is 0.229. The van der Waals surface area contributed by atoms with Crippen LogP contribution in [0.5, 0.6) is 5.75 Å². The van der Waals surface area contributed by atoms with Gasteiger partial charge in [0, 0.05) is 17.3 Å². The molecule has 0 amide bonds. The van der Waals surface area contributed by atoms with Gasteiger partial charge in [0.1, 0.15) is 24.1 Å². The zero-order chi connectivity index (χ0) is 14.4. The lowest BCUT2D eigenvalue weighted by molar-refractivity contribution is 0.302. The van der Waals surface area contributed by atoms with Gasteiger partial charge in [-0.1, -0.05) is 23.4 Å². The van der Waals surface area contributed by atoms with Gasteiger partial charge >= 0.3 is 0 Å². The van der Waals surface area contributed by atoms with Crippen LogP contribution in [0.4, 0.5) is 0 Å². The molecule has 0 spiro atoms. The van der Waals surface area contributed by atoms with Gasteiger partial charge in [-0.25, -0.2) is 4.98 Å². The quantitative estimate of drug-likeness (QED) is 0.525. The molecular weight excluding hydrogens is 254 g/mol. The van der Waals surface area contributed by atoms with Crippen molar-refractivity contribution in [1.29, 1.82) is 5.26 Å². The number of para-hydroxylation sites is 1. The predicted molar refractivity (Wildman–Crippen MR) is 73.7 cm³/mol. The van der Waals surface area contributed by atoms with E-state index in [9.17, 15) is 0 Å². The number of hydrogen-bond donors (Lipinski definition) is 1. The van der Waals surface area contributed by atoms with Crippen LogP contribution in [0, 0.1) is 11.3 Å². The summed E-state index contributed by atoms with van der Waals surface area (Å²) in [5.41, 5.74) is 2.23. The topological polar surface area (TPSA) is 78.5 Å². The molecule has 0 saturated carbocycles. The van der Waals surface area contributed by atoms with Crippen molar-refractivity contribution in [2.45, 2.75) is 13.5 Å². The van der Waals surface area contributed by atoms with Gasteiger partial charge in [-0.3, -0.25) is 0 Å². The van der Waals surface area contributed by atoms with Gasteiger partial charge in [0.05, 0.1) is 5.71 Å². The molecule has 5 nitrogen and oxygen atoms in total. The van der Waals surface area contributed by atoms with Gasteiger partial charge in [0.2, 0.25) is 0 Å². The first-order chi connectivity index (χ1) is 9.76. The first-order valence-corrected chi connectivity index (χ1v) is 6.01. The van der Waals surface area contributed by atoms with E-state index in [-0.39, 0.29) is 6.61 Å². The molecule has 2 rings (SSSR count). The van der Waals surface area contributed by atoms with Gasteiger partial charge in [0.25, 0.3) is 0 Å². The van der Waals surface area contributed by atoms with Crippen LogP contribution >= 0.6 is 0 Å². The van der Waals surface area contributed by atoms with Crippen molar-refractivity contribution in [2.75, 3.05) is 0 Å². The zero-order valence-electron chi connectivity index (χ0n) is 10.9. The van der Waals surface area contributed by atoms with E-state index in [0.29, 0.717) is 28.3 Å². The maximum Gasteiger partial charge on any atom is 0.147 e. The second kappa shape index (κ2) is 6.34. The van der Waals surface area contributed by atoms with Crippen LogP contribution in [0.15, 0.2) is 47.8 Å². The van der Waals surface area contributed by atoms with Crippen LogP contribution in [0.1, 0.15) is 23.7 Å². The molecule has 0 radical (unpaired) electrons. The first kappa shape index (κ1) is 13.6. The molecule has 1 aromatic heterocycles. The lowest BCUT2D eigenvalue weighted by Crippen LogP contribution is -2.04. The maximum atomic E-state index is 8.98. The molecule has 0 fully saturated rings. The summed E-state index contributed by atoms with van der Waals surface area (Å²) in [6.07, 6.45) is 1.57. The van der Waals surface area contributed by atoms with Gasteiger partial charge in [-0.05, 0) is 25.1 Å². The second-order valence-corrected chi connectivity index (χ2v) is 4.09. The van der Waals surface area contributed by atoms with Crippen LogP contribution in [-0.4, -0.2) is 15.9 Å². The zero-order valence-corrected chi connectivity index (χ0v) is 10.9. The molecule has 0 saturated heterocycles. The van der Waals surface area contributed by atoms with E-state index in [4.69, 9.17) is 15.2 Å². The van der Waals surface area contributed by atoms with E-state index in [1.54, 1.807) is 37.4 Å². The number of aromatic nitrogens is 1. The van der Waals surface area contributed by atoms with E-state index in [0.717, 1.165) is 0 Å². The third kappa shape index (κ3) is 2.93. The van der Waals surface area contributed by atoms with Crippen LogP contribution in [0.3, 0.4) is 0 Å². The number of benzene rings is 1. The highest BCUT2D eigenvalue weighted by Crippen LogP contribution is 2.20. The Morgan fingerprint density at radius 2 is 2.15 bits per heavy atom. The monoisotopic (exact) mass is 267 g/mol. The Morgan fingerprint density at radius 1 is 1.35 bits per heavy atom. The lowest BCUT2D eigenvalue weighted by atomic mass is 10.1. The Hall–Kier alpha value is -2.87. The summed E-state index contributed by atoms with van der Waals surface area (Å²) in [7, 11) is 0. The number of hydrogen-bond acceptors (Lipinski definition) is 5. The largest absolute Gasteiger partial charge is 0.488 e. The molecule has 0 atom stereocenters. The molecule has 0 bridgehead atoms. The lowest BCUT2D eigenvalue weighted by Gasteiger charge is -2.11. The highest BCUT2D eigenvalue weighted by atomic mass is 16.5. The normalized spacial score (nSPS) is 10.9. The van der Waals surface area contributed by atoms with Crippen molar-refractivity contribution < 1.29 is 9.94 Å². The Morgan fingerprint density at radius 3 is 2.90 bits per heavy atom. The number of oxime groups is 1. The van der Waals surface area contributed by atoms with Crippen molar-refractivity contribution in [2.24, 2.45) is 5.16 Å². The van der Waals surface area contributed by atoms with Crippen LogP contribution in [0.2, 0.25) is 0 Å². The molecule has 1 N–H and O–H groups in total. The molecule has 0 unspecified atom stereocenters. The number of nitriles is 1. The highest BCUT2D eigenvalue weighted by Gasteiger charge is 2.08. The third-order valence-electron chi connectivity index (χ3n) is 2.81. The molecule has 2 aromatic rings. The van der Waals surface area contributed by atoms with Crippen molar-refractivity contribution in [1.82, 2.24) is 4.98 Å². The van der Waals surface area contributed by atoms with E-state index < -0.39 is 0 Å². The molecule has 0 aliphatic rings. The van der Waals surface area contributed by atoms with Crippen LogP contribution in [0.25, 0.3) is 0 Å². The smallest absolute Gasteiger partial charge is 0.147 e. The van der Waals surface area contributed by atoms with Crippen LogP contribution in [-0.2, 0) is 6.61 Å². The molecule has 0 aliphatic carbocycles. The van der Waals surface area contributed by atoms with Crippen molar-refractivity contribution >= 4 is 5.71 Å². The fraction of sp³-hybridized carbons (Fsp3) is 0.133. The van der Waals surface area contributed by atoms with E-state index >= 15 is 0 Å². The number of ether oxygens (including phenoxy) is 1. The number of nitrogens with zero attached hydrogens (tertiary/aromatic N) is 3. The molecule has 1 aromatic carbocycles. The van der Waals surface area contributed by atoms with E-state index in [2.05, 4.69) is 10.1 Å². The average molecular weight is 267 g/mol. The van der Waals surface area contributed by atoms with Gasteiger partial charge < -0.3 is 9.94 Å². The highest BCUT2D eigenvalue weighted by molar-refractivity contribution is 6.00. The third-order valence-corrected chi connectivity index (χ3v) is 2.81.